The number of aliphatic hydroxyl groups is 2. The Bertz CT molecular complexity index is 931. The Morgan fingerprint density at radius 1 is 1.30 bits per heavy atom. The molecule has 9 heteroatoms. The smallest absolute Gasteiger partial charge is 0.279 e. The van der Waals surface area contributed by atoms with Gasteiger partial charge in [0.1, 0.15) is 23.9 Å². The molecule has 0 aromatic carbocycles. The molecule has 150 valence electrons. The number of aromatic amines is 1. The Morgan fingerprint density at radius 2 is 2.00 bits per heavy atom. The molecule has 1 aliphatic heterocycles. The highest BCUT2D eigenvalue weighted by Crippen LogP contribution is 2.40. The van der Waals surface area contributed by atoms with E-state index in [1.807, 2.05) is 6.92 Å². The van der Waals surface area contributed by atoms with Gasteiger partial charge in [-0.1, -0.05) is 6.92 Å². The summed E-state index contributed by atoms with van der Waals surface area (Å²) in [5.74, 6) is 1.09. The van der Waals surface area contributed by atoms with Crippen molar-refractivity contribution in [3.8, 4) is 0 Å². The molecule has 0 spiro atoms. The number of hydrogen-bond donors (Lipinski definition) is 3. The van der Waals surface area contributed by atoms with Gasteiger partial charge in [0.25, 0.3) is 5.56 Å². The lowest BCUT2D eigenvalue weighted by atomic mass is 10.1. The van der Waals surface area contributed by atoms with Crippen molar-refractivity contribution in [2.75, 3.05) is 19.5 Å². The molecule has 0 radical (unpaired) electrons. The zero-order valence-corrected chi connectivity index (χ0v) is 17.2. The van der Waals surface area contributed by atoms with Crippen molar-refractivity contribution in [1.82, 2.24) is 19.5 Å². The molecule has 2 aromatic heterocycles. The molecule has 3 rings (SSSR count). The minimum absolute atomic E-state index is 0.225. The fraction of sp³-hybridized carbons (Fsp3) is 0.667. The average molecular weight is 396 g/mol. The van der Waals surface area contributed by atoms with E-state index in [4.69, 9.17) is 4.74 Å². The Hall–Kier alpha value is -1.47. The molecule has 2 unspecified atom stereocenters. The molecule has 0 saturated carbocycles. The predicted molar refractivity (Wildman–Crippen MR) is 108 cm³/mol. The quantitative estimate of drug-likeness (QED) is 0.630. The van der Waals surface area contributed by atoms with Gasteiger partial charge in [0.05, 0.1) is 6.10 Å². The molecule has 8 nitrogen and oxygen atoms in total. The number of aliphatic hydroxyl groups excluding tert-OH is 2. The maximum atomic E-state index is 12.3. The van der Waals surface area contributed by atoms with Gasteiger partial charge in [-0.05, 0) is 39.3 Å². The summed E-state index contributed by atoms with van der Waals surface area (Å²) >= 11 is 0. The number of nitrogens with one attached hydrogen (secondary N) is 1. The lowest BCUT2D eigenvalue weighted by Crippen LogP contribution is -2.32. The van der Waals surface area contributed by atoms with Gasteiger partial charge in [-0.25, -0.2) is 9.97 Å². The van der Waals surface area contributed by atoms with E-state index in [2.05, 4.69) is 34.6 Å². The molecular weight excluding hydrogens is 367 g/mol. The maximum Gasteiger partial charge on any atom is 0.279 e. The molecule has 0 aliphatic carbocycles. The third-order valence-electron chi connectivity index (χ3n) is 4.83. The van der Waals surface area contributed by atoms with Gasteiger partial charge in [0, 0.05) is 6.42 Å². The number of H-pyrrole nitrogens is 1. The van der Waals surface area contributed by atoms with E-state index < -0.39 is 31.4 Å². The van der Waals surface area contributed by atoms with Crippen LogP contribution in [0.3, 0.4) is 0 Å². The number of aryl methyl sites for hydroxylation is 2. The number of imidazole rings is 1. The number of rotatable bonds is 6. The summed E-state index contributed by atoms with van der Waals surface area (Å²) in [7, 11) is 0. The van der Waals surface area contributed by atoms with Crippen molar-refractivity contribution >= 4 is 24.3 Å². The van der Waals surface area contributed by atoms with Gasteiger partial charge in [0.2, 0.25) is 0 Å². The van der Waals surface area contributed by atoms with E-state index in [0.29, 0.717) is 30.1 Å². The molecule has 1 aliphatic rings. The van der Waals surface area contributed by atoms with E-state index in [0.717, 1.165) is 12.6 Å². The van der Waals surface area contributed by atoms with Crippen LogP contribution in [0, 0.1) is 6.92 Å². The van der Waals surface area contributed by atoms with E-state index in [-0.39, 0.29) is 11.1 Å². The summed E-state index contributed by atoms with van der Waals surface area (Å²) in [5.41, 5.74) is 0.283. The second-order valence-corrected chi connectivity index (χ2v) is 12.3. The monoisotopic (exact) mass is 396 g/mol. The minimum atomic E-state index is -1.27. The van der Waals surface area contributed by atoms with Crippen molar-refractivity contribution in [2.24, 2.45) is 0 Å². The first-order chi connectivity index (χ1) is 12.6. The topological polar surface area (TPSA) is 113 Å². The largest absolute Gasteiger partial charge is 0.388 e. The van der Waals surface area contributed by atoms with Crippen molar-refractivity contribution in [2.45, 2.75) is 57.6 Å². The molecule has 2 aromatic rings. The zero-order valence-electron chi connectivity index (χ0n) is 16.3. The van der Waals surface area contributed by atoms with Gasteiger partial charge in [-0.15, -0.1) is 13.2 Å². The fourth-order valence-corrected chi connectivity index (χ4v) is 4.42. The third kappa shape index (κ3) is 4.04. The fourth-order valence-electron chi connectivity index (χ4n) is 3.46. The Labute approximate surface area is 158 Å². The van der Waals surface area contributed by atoms with Crippen molar-refractivity contribution in [3.05, 3.63) is 22.0 Å². The molecule has 0 amide bonds. The summed E-state index contributed by atoms with van der Waals surface area (Å²) in [5, 5.41) is 21.2. The molecule has 0 bridgehead atoms. The minimum Gasteiger partial charge on any atom is -0.388 e. The lowest BCUT2D eigenvalue weighted by molar-refractivity contribution is -0.0368. The van der Waals surface area contributed by atoms with E-state index in [1.165, 1.54) is 0 Å². The van der Waals surface area contributed by atoms with Gasteiger partial charge in [-0.3, -0.25) is 9.36 Å². The SMILES string of the molecule is C=P(C)(C)CCC1OC(n2c(CCC)nc3c(=O)[nH]c(C)nc32)[C@H](O)[C@@H]1O. The highest BCUT2D eigenvalue weighted by Gasteiger charge is 2.45. The van der Waals surface area contributed by atoms with Crippen LogP contribution in [0.5, 0.6) is 0 Å². The Kier molecular flexibility index (Phi) is 5.64. The number of hydrogen-bond acceptors (Lipinski definition) is 6. The number of aromatic nitrogens is 4. The van der Waals surface area contributed by atoms with Crippen LogP contribution >= 0.6 is 6.89 Å². The standard InChI is InChI=1S/C18H29N4O4P/c1-6-7-12-21-13-16(19-10(2)20-17(13)25)22(12)18-15(24)14(23)11(26-18)8-9-27(3,4)5/h11,14-15,18,23-24H,3,6-9H2,1-2,4-5H3,(H,19,20,25)/t11?,14-,15-,18?/m1/s1. The Balaban J connectivity index is 2.02. The molecule has 1 saturated heterocycles. The van der Waals surface area contributed by atoms with Gasteiger partial charge < -0.3 is 19.9 Å². The molecule has 3 heterocycles. The van der Waals surface area contributed by atoms with Crippen LogP contribution in [-0.4, -0.2) is 73.8 Å². The van der Waals surface area contributed by atoms with Crippen molar-refractivity contribution in [1.29, 1.82) is 0 Å². The lowest BCUT2D eigenvalue weighted by Gasteiger charge is -2.20. The van der Waals surface area contributed by atoms with Crippen LogP contribution in [0.1, 0.15) is 37.6 Å². The normalized spacial score (nSPS) is 26.1. The molecule has 27 heavy (non-hydrogen) atoms. The van der Waals surface area contributed by atoms with Crippen LogP contribution < -0.4 is 5.56 Å². The van der Waals surface area contributed by atoms with Crippen LogP contribution in [0.2, 0.25) is 0 Å². The van der Waals surface area contributed by atoms with Gasteiger partial charge in [-0.2, -0.15) is 0 Å². The van der Waals surface area contributed by atoms with E-state index in [9.17, 15) is 15.0 Å². The number of nitrogens with zero attached hydrogens (tertiary/aromatic N) is 3. The summed E-state index contributed by atoms with van der Waals surface area (Å²) in [6.07, 6.45) is 3.68. The van der Waals surface area contributed by atoms with E-state index >= 15 is 0 Å². The number of ether oxygens (including phenoxy) is 1. The summed E-state index contributed by atoms with van der Waals surface area (Å²) in [4.78, 5) is 23.8. The molecule has 4 atom stereocenters. The molecule has 1 fully saturated rings. The first-order valence-corrected chi connectivity index (χ1v) is 12.3. The van der Waals surface area contributed by atoms with Crippen LogP contribution in [0.25, 0.3) is 11.2 Å². The zero-order chi connectivity index (χ0) is 19.9. The van der Waals surface area contributed by atoms with Gasteiger partial charge >= 0.3 is 0 Å². The van der Waals surface area contributed by atoms with Gasteiger partial charge in [0.15, 0.2) is 17.4 Å². The predicted octanol–water partition coefficient (Wildman–Crippen LogP) is 1.10. The molecular formula is C18H29N4O4P. The number of fused-ring (bicyclic) bond motifs is 1. The second kappa shape index (κ2) is 7.51. The third-order valence-corrected chi connectivity index (χ3v) is 6.30. The van der Waals surface area contributed by atoms with Crippen LogP contribution in [0.15, 0.2) is 4.79 Å². The first-order valence-electron chi connectivity index (χ1n) is 9.29. The molecule has 3 N–H and O–H groups in total. The summed E-state index contributed by atoms with van der Waals surface area (Å²) in [6, 6.07) is 0. The van der Waals surface area contributed by atoms with Crippen molar-refractivity contribution in [3.63, 3.8) is 0 Å². The van der Waals surface area contributed by atoms with E-state index in [1.54, 1.807) is 11.5 Å². The van der Waals surface area contributed by atoms with Crippen molar-refractivity contribution < 1.29 is 14.9 Å². The first kappa shape index (κ1) is 20.3. The maximum absolute atomic E-state index is 12.3. The van der Waals surface area contributed by atoms with Crippen LogP contribution in [-0.2, 0) is 11.2 Å². The second-order valence-electron chi connectivity index (χ2n) is 7.97. The summed E-state index contributed by atoms with van der Waals surface area (Å²) in [6.45, 7) is 6.70. The highest BCUT2D eigenvalue weighted by molar-refractivity contribution is 7.72. The Morgan fingerprint density at radius 3 is 2.63 bits per heavy atom. The summed E-state index contributed by atoms with van der Waals surface area (Å²) < 4.78 is 7.74. The average Bonchev–Trinajstić information content (AvgIpc) is 3.04. The van der Waals surface area contributed by atoms with Crippen LogP contribution in [0.4, 0.5) is 0 Å². The highest BCUT2D eigenvalue weighted by atomic mass is 31.2.